The number of anilines is 1. The van der Waals surface area contributed by atoms with Crippen LogP contribution in [0.5, 0.6) is 0 Å². The van der Waals surface area contributed by atoms with E-state index in [-0.39, 0.29) is 5.41 Å². The number of hydrogen-bond acceptors (Lipinski definition) is 3. The fourth-order valence-corrected chi connectivity index (χ4v) is 1.69. The van der Waals surface area contributed by atoms with Gasteiger partial charge in [0.25, 0.3) is 0 Å². The third-order valence-corrected chi connectivity index (χ3v) is 3.32. The molecule has 0 fully saturated rings. The number of rotatable bonds is 3. The van der Waals surface area contributed by atoms with Crippen LogP contribution in [0.4, 0.5) is 5.69 Å². The Morgan fingerprint density at radius 1 is 1.44 bits per heavy atom. The Balaban J connectivity index is 3.00. The number of pyridine rings is 1. The zero-order chi connectivity index (χ0) is 12.3. The minimum absolute atomic E-state index is 0.233. The number of nitrogens with zero attached hydrogens (tertiary/aromatic N) is 2. The van der Waals surface area contributed by atoms with Crippen LogP contribution in [0.3, 0.4) is 0 Å². The zero-order valence-corrected chi connectivity index (χ0v) is 11.0. The monoisotopic (exact) mass is 221 g/mol. The highest BCUT2D eigenvalue weighted by molar-refractivity contribution is 5.51. The standard InChI is InChI=1S/C13H23N3/c1-10(13(2,3)4)16(5)12-9-15-7-6-11(12)8-14/h6-7,9-10H,8,14H2,1-5H3. The highest BCUT2D eigenvalue weighted by Gasteiger charge is 2.25. The van der Waals surface area contributed by atoms with Crippen molar-refractivity contribution < 1.29 is 0 Å². The van der Waals surface area contributed by atoms with Crippen LogP contribution in [0.15, 0.2) is 18.5 Å². The van der Waals surface area contributed by atoms with Crippen molar-refractivity contribution in [2.45, 2.75) is 40.3 Å². The van der Waals surface area contributed by atoms with Gasteiger partial charge in [-0.15, -0.1) is 0 Å². The molecule has 1 unspecified atom stereocenters. The first-order chi connectivity index (χ1) is 7.38. The van der Waals surface area contributed by atoms with Gasteiger partial charge in [0, 0.05) is 25.8 Å². The van der Waals surface area contributed by atoms with Crippen molar-refractivity contribution in [2.75, 3.05) is 11.9 Å². The third-order valence-electron chi connectivity index (χ3n) is 3.32. The molecule has 3 nitrogen and oxygen atoms in total. The highest BCUT2D eigenvalue weighted by atomic mass is 15.1. The minimum Gasteiger partial charge on any atom is -0.370 e. The summed E-state index contributed by atoms with van der Waals surface area (Å²) < 4.78 is 0. The minimum atomic E-state index is 0.233. The summed E-state index contributed by atoms with van der Waals surface area (Å²) in [4.78, 5) is 6.44. The molecule has 90 valence electrons. The predicted octanol–water partition coefficient (Wildman–Crippen LogP) is 2.41. The van der Waals surface area contributed by atoms with Crippen molar-refractivity contribution in [3.63, 3.8) is 0 Å². The SMILES string of the molecule is CC(N(C)c1cnccc1CN)C(C)(C)C. The maximum Gasteiger partial charge on any atom is 0.0598 e. The van der Waals surface area contributed by atoms with Crippen molar-refractivity contribution in [1.29, 1.82) is 0 Å². The van der Waals surface area contributed by atoms with Gasteiger partial charge in [0.1, 0.15) is 0 Å². The molecule has 0 bridgehead atoms. The Hall–Kier alpha value is -1.09. The molecular formula is C13H23N3. The second-order valence-corrected chi connectivity index (χ2v) is 5.36. The van der Waals surface area contributed by atoms with Gasteiger partial charge in [-0.1, -0.05) is 20.8 Å². The molecule has 16 heavy (non-hydrogen) atoms. The van der Waals surface area contributed by atoms with Crippen LogP contribution < -0.4 is 10.6 Å². The summed E-state index contributed by atoms with van der Waals surface area (Å²) in [6.07, 6.45) is 3.69. The van der Waals surface area contributed by atoms with Crippen LogP contribution in [-0.2, 0) is 6.54 Å². The topological polar surface area (TPSA) is 42.2 Å². The van der Waals surface area contributed by atoms with Crippen molar-refractivity contribution in [1.82, 2.24) is 4.98 Å². The number of hydrogen-bond donors (Lipinski definition) is 1. The van der Waals surface area contributed by atoms with Gasteiger partial charge in [0.15, 0.2) is 0 Å². The molecule has 3 heteroatoms. The van der Waals surface area contributed by atoms with E-state index in [4.69, 9.17) is 5.73 Å². The van der Waals surface area contributed by atoms with E-state index in [1.54, 1.807) is 6.20 Å². The van der Waals surface area contributed by atoms with Crippen molar-refractivity contribution in [3.8, 4) is 0 Å². The molecular weight excluding hydrogens is 198 g/mol. The van der Waals surface area contributed by atoms with Crippen molar-refractivity contribution >= 4 is 5.69 Å². The van der Waals surface area contributed by atoms with Crippen molar-refractivity contribution in [3.05, 3.63) is 24.0 Å². The number of nitrogens with two attached hydrogens (primary N) is 1. The van der Waals surface area contributed by atoms with E-state index < -0.39 is 0 Å². The molecule has 2 N–H and O–H groups in total. The molecule has 0 aliphatic rings. The van der Waals surface area contributed by atoms with Gasteiger partial charge in [-0.25, -0.2) is 0 Å². The molecule has 0 saturated carbocycles. The van der Waals surface area contributed by atoms with Crippen LogP contribution in [0.2, 0.25) is 0 Å². The normalized spacial score (nSPS) is 13.6. The largest absolute Gasteiger partial charge is 0.370 e. The molecule has 1 aromatic rings. The van der Waals surface area contributed by atoms with Crippen LogP contribution >= 0.6 is 0 Å². The molecule has 0 saturated heterocycles. The Morgan fingerprint density at radius 2 is 2.06 bits per heavy atom. The van der Waals surface area contributed by atoms with E-state index in [9.17, 15) is 0 Å². The van der Waals surface area contributed by atoms with Crippen LogP contribution in [0, 0.1) is 5.41 Å². The first kappa shape index (κ1) is 13.0. The lowest BCUT2D eigenvalue weighted by atomic mass is 9.87. The van der Waals surface area contributed by atoms with E-state index in [1.165, 1.54) is 0 Å². The lowest BCUT2D eigenvalue weighted by molar-refractivity contribution is 0.329. The van der Waals surface area contributed by atoms with Gasteiger partial charge in [-0.2, -0.15) is 0 Å². The predicted molar refractivity (Wildman–Crippen MR) is 69.4 cm³/mol. The highest BCUT2D eigenvalue weighted by Crippen LogP contribution is 2.28. The first-order valence-electron chi connectivity index (χ1n) is 5.73. The van der Waals surface area contributed by atoms with Crippen LogP contribution in [0.25, 0.3) is 0 Å². The second-order valence-electron chi connectivity index (χ2n) is 5.36. The summed E-state index contributed by atoms with van der Waals surface area (Å²) in [5.74, 6) is 0. The summed E-state index contributed by atoms with van der Waals surface area (Å²) in [6.45, 7) is 9.51. The quantitative estimate of drug-likeness (QED) is 0.852. The Labute approximate surface area is 98.7 Å². The molecule has 1 aromatic heterocycles. The molecule has 0 radical (unpaired) electrons. The molecule has 0 spiro atoms. The molecule has 1 atom stereocenters. The van der Waals surface area contributed by atoms with Gasteiger partial charge in [-0.3, -0.25) is 4.98 Å². The summed E-state index contributed by atoms with van der Waals surface area (Å²) in [5, 5.41) is 0. The average Bonchev–Trinajstić information content (AvgIpc) is 2.25. The van der Waals surface area contributed by atoms with E-state index in [0.29, 0.717) is 12.6 Å². The Morgan fingerprint density at radius 3 is 2.56 bits per heavy atom. The molecule has 0 aromatic carbocycles. The average molecular weight is 221 g/mol. The molecule has 0 aliphatic carbocycles. The Kier molecular flexibility index (Phi) is 3.92. The van der Waals surface area contributed by atoms with Gasteiger partial charge in [-0.05, 0) is 24.0 Å². The number of aromatic nitrogens is 1. The fourth-order valence-electron chi connectivity index (χ4n) is 1.69. The van der Waals surface area contributed by atoms with Gasteiger partial charge in [0.05, 0.1) is 11.9 Å². The molecule has 0 amide bonds. The van der Waals surface area contributed by atoms with Gasteiger partial charge < -0.3 is 10.6 Å². The van der Waals surface area contributed by atoms with Crippen molar-refractivity contribution in [2.24, 2.45) is 11.1 Å². The first-order valence-corrected chi connectivity index (χ1v) is 5.73. The fraction of sp³-hybridized carbons (Fsp3) is 0.615. The smallest absolute Gasteiger partial charge is 0.0598 e. The summed E-state index contributed by atoms with van der Waals surface area (Å²) in [5.41, 5.74) is 8.25. The third kappa shape index (κ3) is 2.73. The van der Waals surface area contributed by atoms with Crippen LogP contribution in [0.1, 0.15) is 33.3 Å². The van der Waals surface area contributed by atoms with E-state index in [2.05, 4.69) is 44.6 Å². The molecule has 1 heterocycles. The van der Waals surface area contributed by atoms with Crippen LogP contribution in [-0.4, -0.2) is 18.1 Å². The molecule has 1 rings (SSSR count). The summed E-state index contributed by atoms with van der Waals surface area (Å²) >= 11 is 0. The zero-order valence-electron chi connectivity index (χ0n) is 11.0. The molecule has 0 aliphatic heterocycles. The lowest BCUT2D eigenvalue weighted by Gasteiger charge is -2.37. The van der Waals surface area contributed by atoms with Gasteiger partial charge >= 0.3 is 0 Å². The maximum atomic E-state index is 5.74. The van der Waals surface area contributed by atoms with E-state index >= 15 is 0 Å². The maximum absolute atomic E-state index is 5.74. The lowest BCUT2D eigenvalue weighted by Crippen LogP contribution is -2.40. The van der Waals surface area contributed by atoms with Gasteiger partial charge in [0.2, 0.25) is 0 Å². The second kappa shape index (κ2) is 4.83. The van der Waals surface area contributed by atoms with E-state index in [0.717, 1.165) is 11.3 Å². The summed E-state index contributed by atoms with van der Waals surface area (Å²) in [6, 6.07) is 2.42. The van der Waals surface area contributed by atoms with E-state index in [1.807, 2.05) is 12.3 Å². The summed E-state index contributed by atoms with van der Waals surface area (Å²) in [7, 11) is 2.10. The Bertz CT molecular complexity index is 341.